The largest absolute Gasteiger partial charge is 0.462 e. The molecule has 60 heavy (non-hydrogen) atoms. The molecule has 0 rings (SSSR count). The molecule has 0 amide bonds. The number of ether oxygens (including phenoxy) is 3. The zero-order chi connectivity index (χ0) is 43.5. The molecule has 1 atom stereocenters. The topological polar surface area (TPSA) is 61.8 Å². The van der Waals surface area contributed by atoms with Gasteiger partial charge in [-0.2, -0.15) is 0 Å². The van der Waals surface area contributed by atoms with E-state index in [1.54, 1.807) is 0 Å². The molecule has 0 aliphatic heterocycles. The van der Waals surface area contributed by atoms with Crippen molar-refractivity contribution in [2.75, 3.05) is 19.8 Å². The Morgan fingerprint density at radius 2 is 0.767 bits per heavy atom. The highest BCUT2D eigenvalue weighted by Gasteiger charge is 2.17. The van der Waals surface area contributed by atoms with Crippen LogP contribution in [0.1, 0.15) is 265 Å². The summed E-state index contributed by atoms with van der Waals surface area (Å²) < 4.78 is 17.4. The highest BCUT2D eigenvalue weighted by Crippen LogP contribution is 2.16. The van der Waals surface area contributed by atoms with Crippen LogP contribution < -0.4 is 0 Å². The van der Waals surface area contributed by atoms with Gasteiger partial charge in [0.25, 0.3) is 0 Å². The fourth-order valence-electron chi connectivity index (χ4n) is 7.45. The number of allylic oxidation sites excluding steroid dienone is 8. The van der Waals surface area contributed by atoms with Crippen molar-refractivity contribution >= 4 is 11.9 Å². The van der Waals surface area contributed by atoms with Crippen LogP contribution in [0.4, 0.5) is 0 Å². The van der Waals surface area contributed by atoms with Gasteiger partial charge in [-0.3, -0.25) is 9.59 Å². The van der Waals surface area contributed by atoms with Crippen molar-refractivity contribution in [3.05, 3.63) is 48.6 Å². The van der Waals surface area contributed by atoms with E-state index in [-0.39, 0.29) is 25.2 Å². The third-order valence-electron chi connectivity index (χ3n) is 11.3. The predicted octanol–water partition coefficient (Wildman–Crippen LogP) is 17.6. The summed E-state index contributed by atoms with van der Waals surface area (Å²) in [4.78, 5) is 25.3. The second-order valence-corrected chi connectivity index (χ2v) is 17.4. The van der Waals surface area contributed by atoms with Crippen LogP contribution in [0.3, 0.4) is 0 Å². The summed E-state index contributed by atoms with van der Waals surface area (Å²) >= 11 is 0. The molecule has 0 spiro atoms. The fourth-order valence-corrected chi connectivity index (χ4v) is 7.45. The Hall–Kier alpha value is -2.14. The summed E-state index contributed by atoms with van der Waals surface area (Å²) in [6, 6.07) is 0. The molecule has 0 aliphatic rings. The Balaban J connectivity index is 4.19. The number of carbonyl (C=O) groups is 2. The first kappa shape index (κ1) is 57.9. The summed E-state index contributed by atoms with van der Waals surface area (Å²) in [7, 11) is 0. The maximum absolute atomic E-state index is 12.8. The molecule has 0 N–H and O–H groups in total. The third kappa shape index (κ3) is 48.5. The molecular weight excluding hydrogens is 741 g/mol. The van der Waals surface area contributed by atoms with E-state index in [0.29, 0.717) is 19.4 Å². The van der Waals surface area contributed by atoms with Crippen molar-refractivity contribution in [1.82, 2.24) is 0 Å². The lowest BCUT2D eigenvalue weighted by Gasteiger charge is -2.18. The fraction of sp³-hybridized carbons (Fsp3) is 0.818. The van der Waals surface area contributed by atoms with Crippen molar-refractivity contribution in [3.8, 4) is 0 Å². The minimum atomic E-state index is -0.548. The molecule has 5 heteroatoms. The van der Waals surface area contributed by atoms with Crippen LogP contribution in [0.2, 0.25) is 0 Å². The zero-order valence-electron chi connectivity index (χ0n) is 40.2. The van der Waals surface area contributed by atoms with E-state index in [1.165, 1.54) is 148 Å². The molecule has 1 unspecified atom stereocenters. The molecule has 0 fully saturated rings. The molecule has 0 heterocycles. The van der Waals surface area contributed by atoms with Crippen LogP contribution in [0.5, 0.6) is 0 Å². The van der Waals surface area contributed by atoms with Crippen LogP contribution >= 0.6 is 0 Å². The van der Waals surface area contributed by atoms with Crippen LogP contribution in [-0.2, 0) is 23.8 Å². The molecule has 0 saturated carbocycles. The lowest BCUT2D eigenvalue weighted by atomic mass is 10.0. The summed E-state index contributed by atoms with van der Waals surface area (Å²) in [5.41, 5.74) is 0. The van der Waals surface area contributed by atoms with Crippen molar-refractivity contribution in [2.24, 2.45) is 0 Å². The molecule has 0 saturated heterocycles. The van der Waals surface area contributed by atoms with Gasteiger partial charge in [-0.25, -0.2) is 0 Å². The molecule has 5 nitrogen and oxygen atoms in total. The van der Waals surface area contributed by atoms with Gasteiger partial charge in [0.2, 0.25) is 0 Å². The van der Waals surface area contributed by atoms with Crippen LogP contribution in [0.15, 0.2) is 48.6 Å². The van der Waals surface area contributed by atoms with Crippen molar-refractivity contribution in [2.45, 2.75) is 271 Å². The lowest BCUT2D eigenvalue weighted by molar-refractivity contribution is -0.163. The normalized spacial score (nSPS) is 12.5. The SMILES string of the molecule is CC/C=C\C/C=C\C/C=C\CCCCCC(=O)OCC(COCCCCCCCCCCCCCCCCCCCCCC)OC(=O)CCCCCCC/C=C\CCCC. The van der Waals surface area contributed by atoms with Crippen molar-refractivity contribution in [1.29, 1.82) is 0 Å². The number of hydrogen-bond acceptors (Lipinski definition) is 5. The quantitative estimate of drug-likeness (QED) is 0.0347. The second kappa shape index (κ2) is 51.2. The van der Waals surface area contributed by atoms with E-state index in [4.69, 9.17) is 14.2 Å². The molecule has 0 aromatic heterocycles. The molecule has 0 bridgehead atoms. The van der Waals surface area contributed by atoms with Crippen molar-refractivity contribution in [3.63, 3.8) is 0 Å². The first-order valence-electron chi connectivity index (χ1n) is 26.2. The van der Waals surface area contributed by atoms with Gasteiger partial charge in [-0.15, -0.1) is 0 Å². The van der Waals surface area contributed by atoms with Gasteiger partial charge in [0, 0.05) is 19.4 Å². The number of unbranched alkanes of at least 4 members (excludes halogenated alkanes) is 29. The Morgan fingerprint density at radius 1 is 0.383 bits per heavy atom. The smallest absolute Gasteiger partial charge is 0.306 e. The number of esters is 2. The van der Waals surface area contributed by atoms with Gasteiger partial charge >= 0.3 is 11.9 Å². The lowest BCUT2D eigenvalue weighted by Crippen LogP contribution is -2.30. The number of rotatable bonds is 48. The van der Waals surface area contributed by atoms with E-state index in [9.17, 15) is 9.59 Å². The van der Waals surface area contributed by atoms with E-state index < -0.39 is 6.10 Å². The van der Waals surface area contributed by atoms with Gasteiger partial charge < -0.3 is 14.2 Å². The van der Waals surface area contributed by atoms with E-state index in [2.05, 4.69) is 69.4 Å². The highest BCUT2D eigenvalue weighted by atomic mass is 16.6. The standard InChI is InChI=1S/C55H100O5/c1-4-7-10-13-16-19-22-24-25-26-27-28-29-30-32-35-38-41-44-47-50-58-51-53(60-55(57)49-46-43-40-37-33-21-18-15-12-9-6-3)52-59-54(56)48-45-42-39-36-34-31-23-20-17-14-11-8-5-2/h8,11,15,17-18,20,31,34,53H,4-7,9-10,12-14,16,19,21-30,32-33,35-52H2,1-3H3/b11-8-,18-15-,20-17-,34-31-. The number of carbonyl (C=O) groups excluding carboxylic acids is 2. The summed E-state index contributed by atoms with van der Waals surface area (Å²) in [6.07, 6.45) is 62.8. The Bertz CT molecular complexity index is 997. The van der Waals surface area contributed by atoms with Crippen LogP contribution in [-0.4, -0.2) is 37.9 Å². The first-order valence-corrected chi connectivity index (χ1v) is 26.2. The van der Waals surface area contributed by atoms with E-state index in [0.717, 1.165) is 83.5 Å². The first-order chi connectivity index (χ1) is 29.6. The van der Waals surface area contributed by atoms with E-state index >= 15 is 0 Å². The predicted molar refractivity (Wildman–Crippen MR) is 261 cm³/mol. The second-order valence-electron chi connectivity index (χ2n) is 17.4. The molecule has 350 valence electrons. The highest BCUT2D eigenvalue weighted by molar-refractivity contribution is 5.70. The molecular formula is C55H100O5. The Kier molecular flexibility index (Phi) is 49.4. The van der Waals surface area contributed by atoms with E-state index in [1.807, 2.05) is 0 Å². The van der Waals surface area contributed by atoms with Gasteiger partial charge in [-0.05, 0) is 70.6 Å². The molecule has 0 radical (unpaired) electrons. The van der Waals surface area contributed by atoms with Crippen molar-refractivity contribution < 1.29 is 23.8 Å². The minimum absolute atomic E-state index is 0.0695. The maximum Gasteiger partial charge on any atom is 0.306 e. The molecule has 0 aromatic rings. The minimum Gasteiger partial charge on any atom is -0.462 e. The monoisotopic (exact) mass is 841 g/mol. The third-order valence-corrected chi connectivity index (χ3v) is 11.3. The number of hydrogen-bond donors (Lipinski definition) is 0. The Morgan fingerprint density at radius 3 is 1.28 bits per heavy atom. The average molecular weight is 841 g/mol. The average Bonchev–Trinajstić information content (AvgIpc) is 3.25. The van der Waals surface area contributed by atoms with Crippen LogP contribution in [0.25, 0.3) is 0 Å². The summed E-state index contributed by atoms with van der Waals surface area (Å²) in [5.74, 6) is -0.433. The molecule has 0 aromatic carbocycles. The summed E-state index contributed by atoms with van der Waals surface area (Å²) in [5, 5.41) is 0. The Labute approximate surface area is 373 Å². The van der Waals surface area contributed by atoms with Gasteiger partial charge in [0.05, 0.1) is 6.61 Å². The maximum atomic E-state index is 12.8. The van der Waals surface area contributed by atoms with Gasteiger partial charge in [0.15, 0.2) is 6.10 Å². The van der Waals surface area contributed by atoms with Crippen LogP contribution in [0, 0.1) is 0 Å². The summed E-state index contributed by atoms with van der Waals surface area (Å²) in [6.45, 7) is 7.67. The van der Waals surface area contributed by atoms with Gasteiger partial charge in [-0.1, -0.05) is 230 Å². The molecule has 0 aliphatic carbocycles. The van der Waals surface area contributed by atoms with Gasteiger partial charge in [0.1, 0.15) is 6.61 Å². The zero-order valence-corrected chi connectivity index (χ0v) is 40.2.